The van der Waals surface area contributed by atoms with Gasteiger partial charge >= 0.3 is 0 Å². The second-order valence-corrected chi connectivity index (χ2v) is 5.16. The van der Waals surface area contributed by atoms with Gasteiger partial charge < -0.3 is 14.7 Å². The number of likely N-dealkylation sites (N-methyl/N-ethyl adjacent to an activating group) is 1. The third-order valence-corrected chi connectivity index (χ3v) is 3.88. The third kappa shape index (κ3) is 3.15. The van der Waals surface area contributed by atoms with E-state index < -0.39 is 0 Å². The number of rotatable bonds is 4. The Hall–Kier alpha value is -1.36. The minimum absolute atomic E-state index is 0.172. The van der Waals surface area contributed by atoms with Gasteiger partial charge in [-0.2, -0.15) is 0 Å². The Morgan fingerprint density at radius 2 is 2.32 bits per heavy atom. The van der Waals surface area contributed by atoms with Gasteiger partial charge in [-0.05, 0) is 40.2 Å². The van der Waals surface area contributed by atoms with Gasteiger partial charge in [-0.1, -0.05) is 5.16 Å². The lowest BCUT2D eigenvalue weighted by molar-refractivity contribution is -0.132. The number of amides is 1. The highest BCUT2D eigenvalue weighted by Gasteiger charge is 2.25. The van der Waals surface area contributed by atoms with Crippen LogP contribution in [0.5, 0.6) is 0 Å². The van der Waals surface area contributed by atoms with E-state index in [9.17, 15) is 4.79 Å². The van der Waals surface area contributed by atoms with E-state index in [1.165, 1.54) is 0 Å². The number of aryl methyl sites for hydroxylation is 2. The first-order valence-corrected chi connectivity index (χ1v) is 7.05. The number of hydrogen-bond acceptors (Lipinski definition) is 4. The summed E-state index contributed by atoms with van der Waals surface area (Å²) >= 11 is 0. The fraction of sp³-hybridized carbons (Fsp3) is 0.714. The van der Waals surface area contributed by atoms with Crippen LogP contribution in [0.3, 0.4) is 0 Å². The van der Waals surface area contributed by atoms with Gasteiger partial charge in [0.2, 0.25) is 5.91 Å². The summed E-state index contributed by atoms with van der Waals surface area (Å²) in [7, 11) is 0. The zero-order valence-corrected chi connectivity index (χ0v) is 12.0. The number of carbonyl (C=O) groups excluding carboxylic acids is 1. The Kier molecular flexibility index (Phi) is 4.58. The number of hydrogen-bond donors (Lipinski definition) is 1. The highest BCUT2D eigenvalue weighted by atomic mass is 16.5. The molecule has 5 heteroatoms. The molecule has 0 radical (unpaired) electrons. The summed E-state index contributed by atoms with van der Waals surface area (Å²) in [4.78, 5) is 14.5. The molecular weight excluding hydrogens is 242 g/mol. The average molecular weight is 265 g/mol. The number of piperidine rings is 1. The molecule has 106 valence electrons. The van der Waals surface area contributed by atoms with E-state index in [1.807, 2.05) is 25.7 Å². The van der Waals surface area contributed by atoms with Crippen LogP contribution < -0.4 is 5.32 Å². The van der Waals surface area contributed by atoms with E-state index in [0.29, 0.717) is 12.5 Å². The average Bonchev–Trinajstić information content (AvgIpc) is 2.73. The molecule has 1 amide bonds. The van der Waals surface area contributed by atoms with Crippen molar-refractivity contribution in [3.8, 4) is 0 Å². The van der Waals surface area contributed by atoms with Gasteiger partial charge in [0.15, 0.2) is 0 Å². The highest BCUT2D eigenvalue weighted by molar-refractivity contribution is 5.79. The number of aromatic nitrogens is 1. The molecule has 1 aromatic rings. The van der Waals surface area contributed by atoms with Crippen LogP contribution >= 0.6 is 0 Å². The smallest absolute Gasteiger partial charge is 0.227 e. The predicted molar refractivity (Wildman–Crippen MR) is 73.0 cm³/mol. The van der Waals surface area contributed by atoms with Crippen LogP contribution in [0.1, 0.15) is 36.8 Å². The zero-order valence-electron chi connectivity index (χ0n) is 12.0. The maximum Gasteiger partial charge on any atom is 0.227 e. The summed E-state index contributed by atoms with van der Waals surface area (Å²) in [5.41, 5.74) is 1.76. The Bertz CT molecular complexity index is 416. The number of carbonyl (C=O) groups is 1. The minimum Gasteiger partial charge on any atom is -0.361 e. The van der Waals surface area contributed by atoms with Gasteiger partial charge in [-0.25, -0.2) is 0 Å². The Balaban J connectivity index is 2.04. The fourth-order valence-electron chi connectivity index (χ4n) is 2.74. The van der Waals surface area contributed by atoms with Crippen molar-refractivity contribution < 1.29 is 9.32 Å². The van der Waals surface area contributed by atoms with Gasteiger partial charge in [0.1, 0.15) is 5.76 Å². The van der Waals surface area contributed by atoms with Crippen molar-refractivity contribution in [2.24, 2.45) is 0 Å². The molecule has 2 rings (SSSR count). The molecule has 1 saturated heterocycles. The Morgan fingerprint density at radius 3 is 2.84 bits per heavy atom. The first-order valence-electron chi connectivity index (χ1n) is 7.05. The van der Waals surface area contributed by atoms with Crippen LogP contribution in [0.4, 0.5) is 0 Å². The molecule has 1 aliphatic rings. The van der Waals surface area contributed by atoms with Crippen LogP contribution in [-0.2, 0) is 11.2 Å². The van der Waals surface area contributed by atoms with Crippen molar-refractivity contribution in [1.29, 1.82) is 0 Å². The maximum absolute atomic E-state index is 12.5. The predicted octanol–water partition coefficient (Wildman–Crippen LogP) is 1.43. The molecule has 2 heterocycles. The summed E-state index contributed by atoms with van der Waals surface area (Å²) in [6.45, 7) is 8.51. The van der Waals surface area contributed by atoms with Gasteiger partial charge in [-0.3, -0.25) is 4.79 Å². The second-order valence-electron chi connectivity index (χ2n) is 5.16. The van der Waals surface area contributed by atoms with E-state index in [0.717, 1.165) is 49.5 Å². The number of nitrogens with zero attached hydrogens (tertiary/aromatic N) is 2. The monoisotopic (exact) mass is 265 g/mol. The number of nitrogens with one attached hydrogen (secondary N) is 1. The molecular formula is C14H23N3O2. The molecule has 19 heavy (non-hydrogen) atoms. The van der Waals surface area contributed by atoms with Crippen LogP contribution in [0.25, 0.3) is 0 Å². The molecule has 1 unspecified atom stereocenters. The molecule has 0 aliphatic carbocycles. The standard InChI is InChI=1S/C14H23N3O2/c1-4-17(12-6-5-7-15-9-12)14(18)8-13-10(2)16-19-11(13)3/h12,15H,4-9H2,1-3H3. The molecule has 1 N–H and O–H groups in total. The topological polar surface area (TPSA) is 58.4 Å². The van der Waals surface area contributed by atoms with Gasteiger partial charge in [0, 0.05) is 24.7 Å². The van der Waals surface area contributed by atoms with Crippen molar-refractivity contribution in [2.75, 3.05) is 19.6 Å². The van der Waals surface area contributed by atoms with E-state index in [2.05, 4.69) is 10.5 Å². The quantitative estimate of drug-likeness (QED) is 0.895. The normalized spacial score (nSPS) is 19.4. The van der Waals surface area contributed by atoms with E-state index in [1.54, 1.807) is 0 Å². The molecule has 0 bridgehead atoms. The lowest BCUT2D eigenvalue weighted by atomic mass is 10.0. The van der Waals surface area contributed by atoms with Gasteiger partial charge in [0.05, 0.1) is 12.1 Å². The van der Waals surface area contributed by atoms with Gasteiger partial charge in [0.25, 0.3) is 0 Å². The summed E-state index contributed by atoms with van der Waals surface area (Å²) in [6.07, 6.45) is 2.62. The third-order valence-electron chi connectivity index (χ3n) is 3.88. The maximum atomic E-state index is 12.5. The van der Waals surface area contributed by atoms with Crippen LogP contribution in [0, 0.1) is 13.8 Å². The minimum atomic E-state index is 0.172. The lowest BCUT2D eigenvalue weighted by Gasteiger charge is -2.34. The van der Waals surface area contributed by atoms with Crippen LogP contribution in [-0.4, -0.2) is 41.6 Å². The highest BCUT2D eigenvalue weighted by Crippen LogP contribution is 2.16. The van der Waals surface area contributed by atoms with E-state index in [-0.39, 0.29) is 5.91 Å². The molecule has 1 atom stereocenters. The Morgan fingerprint density at radius 1 is 1.53 bits per heavy atom. The summed E-state index contributed by atoms with van der Waals surface area (Å²) in [6, 6.07) is 0.326. The zero-order chi connectivity index (χ0) is 13.8. The van der Waals surface area contributed by atoms with Crippen molar-refractivity contribution in [1.82, 2.24) is 15.4 Å². The van der Waals surface area contributed by atoms with E-state index in [4.69, 9.17) is 4.52 Å². The van der Waals surface area contributed by atoms with Gasteiger partial charge in [-0.15, -0.1) is 0 Å². The van der Waals surface area contributed by atoms with Crippen LogP contribution in [0.15, 0.2) is 4.52 Å². The summed E-state index contributed by atoms with van der Waals surface area (Å²) < 4.78 is 5.12. The second kappa shape index (κ2) is 6.19. The molecule has 5 nitrogen and oxygen atoms in total. The van der Waals surface area contributed by atoms with E-state index >= 15 is 0 Å². The van der Waals surface area contributed by atoms with Crippen molar-refractivity contribution in [2.45, 2.75) is 46.1 Å². The summed E-state index contributed by atoms with van der Waals surface area (Å²) in [5, 5.41) is 7.27. The van der Waals surface area contributed by atoms with Crippen molar-refractivity contribution in [3.63, 3.8) is 0 Å². The van der Waals surface area contributed by atoms with Crippen LogP contribution in [0.2, 0.25) is 0 Å². The molecule has 0 spiro atoms. The lowest BCUT2D eigenvalue weighted by Crippen LogP contribution is -2.49. The SMILES string of the molecule is CCN(C(=O)Cc1c(C)noc1C)C1CCCNC1. The first-order chi connectivity index (χ1) is 9.13. The molecule has 1 fully saturated rings. The fourth-order valence-corrected chi connectivity index (χ4v) is 2.74. The molecule has 1 aliphatic heterocycles. The summed E-state index contributed by atoms with van der Waals surface area (Å²) in [5.74, 6) is 0.925. The first kappa shape index (κ1) is 14.1. The van der Waals surface area contributed by atoms with Crippen molar-refractivity contribution >= 4 is 5.91 Å². The largest absolute Gasteiger partial charge is 0.361 e. The van der Waals surface area contributed by atoms with Crippen molar-refractivity contribution in [3.05, 3.63) is 17.0 Å². The Labute approximate surface area is 114 Å². The molecule has 0 saturated carbocycles. The molecule has 0 aromatic carbocycles. The molecule has 1 aromatic heterocycles.